The van der Waals surface area contributed by atoms with E-state index in [1.807, 2.05) is 13.0 Å². The van der Waals surface area contributed by atoms with Gasteiger partial charge in [-0.1, -0.05) is 24.3 Å². The fourth-order valence-corrected chi connectivity index (χ4v) is 4.11. The highest BCUT2D eigenvalue weighted by Crippen LogP contribution is 2.32. The van der Waals surface area contributed by atoms with Gasteiger partial charge in [0.05, 0.1) is 32.2 Å². The lowest BCUT2D eigenvalue weighted by molar-refractivity contribution is -0.120. The highest BCUT2D eigenvalue weighted by atomic mass is 32.1. The van der Waals surface area contributed by atoms with Crippen LogP contribution in [0.25, 0.3) is 6.08 Å². The Hall–Kier alpha value is -4.17. The maximum atomic E-state index is 13.7. The fraction of sp³-hybridized carbons (Fsp3) is 0.148. The summed E-state index contributed by atoms with van der Waals surface area (Å²) in [6.07, 6.45) is 1.53. The molecule has 4 rings (SSSR count). The molecule has 178 valence electrons. The molecule has 3 aromatic rings. The number of methoxy groups -OCH3 is 2. The van der Waals surface area contributed by atoms with Crippen molar-refractivity contribution in [2.45, 2.75) is 6.92 Å². The standard InChI is InChI=1S/C27H24N2O5S/c1-4-34-21-13-11-20(12-14-21)29-26(31)22(16-18-10-15-23(32-2)24(17-18)33-3)25(30)28(27(29)35)19-8-6-5-7-9-19/h5-17H,4H2,1-3H3/b22-16+. The minimum Gasteiger partial charge on any atom is -0.494 e. The third-order valence-electron chi connectivity index (χ3n) is 5.39. The highest BCUT2D eigenvalue weighted by molar-refractivity contribution is 7.81. The van der Waals surface area contributed by atoms with E-state index in [0.29, 0.717) is 40.8 Å². The summed E-state index contributed by atoms with van der Waals surface area (Å²) in [5, 5.41) is 0.0693. The van der Waals surface area contributed by atoms with E-state index in [2.05, 4.69) is 0 Å². The van der Waals surface area contributed by atoms with Gasteiger partial charge in [0.25, 0.3) is 11.8 Å². The largest absolute Gasteiger partial charge is 0.494 e. The number of rotatable bonds is 7. The van der Waals surface area contributed by atoms with Gasteiger partial charge in [-0.15, -0.1) is 0 Å². The van der Waals surface area contributed by atoms with Crippen LogP contribution in [0.1, 0.15) is 12.5 Å². The SMILES string of the molecule is CCOc1ccc(N2C(=O)/C(=C/c3ccc(OC)c(OC)c3)C(=O)N(c3ccccc3)C2=S)cc1. The van der Waals surface area contributed by atoms with Crippen molar-refractivity contribution >= 4 is 46.6 Å². The second-order valence-corrected chi connectivity index (χ2v) is 7.86. The van der Waals surface area contributed by atoms with E-state index >= 15 is 0 Å². The predicted molar refractivity (Wildman–Crippen MR) is 139 cm³/mol. The number of nitrogens with zero attached hydrogens (tertiary/aromatic N) is 2. The summed E-state index contributed by atoms with van der Waals surface area (Å²) in [7, 11) is 3.06. The van der Waals surface area contributed by atoms with E-state index in [1.165, 1.54) is 30.1 Å². The molecule has 1 heterocycles. The first-order chi connectivity index (χ1) is 17.0. The first-order valence-electron chi connectivity index (χ1n) is 10.9. The number of ether oxygens (including phenoxy) is 3. The topological polar surface area (TPSA) is 68.3 Å². The number of para-hydroxylation sites is 1. The Balaban J connectivity index is 1.82. The minimum atomic E-state index is -0.522. The predicted octanol–water partition coefficient (Wildman–Crippen LogP) is 4.85. The summed E-state index contributed by atoms with van der Waals surface area (Å²) in [5.74, 6) is 0.661. The van der Waals surface area contributed by atoms with Gasteiger partial charge in [-0.25, -0.2) is 0 Å². The quantitative estimate of drug-likeness (QED) is 0.269. The molecule has 35 heavy (non-hydrogen) atoms. The van der Waals surface area contributed by atoms with Crippen molar-refractivity contribution < 1.29 is 23.8 Å². The van der Waals surface area contributed by atoms with Gasteiger partial charge in [0, 0.05) is 0 Å². The minimum absolute atomic E-state index is 0.0384. The number of amides is 2. The van der Waals surface area contributed by atoms with Gasteiger partial charge in [0.1, 0.15) is 11.3 Å². The van der Waals surface area contributed by atoms with Crippen LogP contribution in [0.2, 0.25) is 0 Å². The number of anilines is 2. The zero-order valence-electron chi connectivity index (χ0n) is 19.6. The van der Waals surface area contributed by atoms with Gasteiger partial charge in [-0.2, -0.15) is 0 Å². The molecule has 1 saturated heterocycles. The van der Waals surface area contributed by atoms with Gasteiger partial charge >= 0.3 is 0 Å². The highest BCUT2D eigenvalue weighted by Gasteiger charge is 2.41. The molecular formula is C27H24N2O5S. The summed E-state index contributed by atoms with van der Waals surface area (Å²) in [6, 6.07) is 21.2. The van der Waals surface area contributed by atoms with Crippen LogP contribution in [-0.2, 0) is 9.59 Å². The van der Waals surface area contributed by atoms with E-state index in [-0.39, 0.29) is 10.7 Å². The summed E-state index contributed by atoms with van der Waals surface area (Å²) in [4.78, 5) is 30.0. The van der Waals surface area contributed by atoms with Gasteiger partial charge in [0.15, 0.2) is 16.6 Å². The van der Waals surface area contributed by atoms with Crippen LogP contribution in [0.5, 0.6) is 17.2 Å². The smallest absolute Gasteiger partial charge is 0.270 e. The third-order valence-corrected chi connectivity index (χ3v) is 5.75. The van der Waals surface area contributed by atoms with Crippen molar-refractivity contribution in [3.8, 4) is 17.2 Å². The molecular weight excluding hydrogens is 464 g/mol. The zero-order valence-corrected chi connectivity index (χ0v) is 20.4. The van der Waals surface area contributed by atoms with Gasteiger partial charge < -0.3 is 14.2 Å². The maximum Gasteiger partial charge on any atom is 0.270 e. The van der Waals surface area contributed by atoms with E-state index in [1.54, 1.807) is 66.7 Å². The Bertz CT molecular complexity index is 1290. The van der Waals surface area contributed by atoms with Crippen LogP contribution in [0.4, 0.5) is 11.4 Å². The molecule has 0 aliphatic carbocycles. The van der Waals surface area contributed by atoms with Crippen LogP contribution < -0.4 is 24.0 Å². The average Bonchev–Trinajstić information content (AvgIpc) is 2.88. The normalized spacial score (nSPS) is 14.9. The molecule has 0 aromatic heterocycles. The van der Waals surface area contributed by atoms with Crippen molar-refractivity contribution in [3.05, 3.63) is 83.9 Å². The molecule has 0 radical (unpaired) electrons. The second kappa shape index (κ2) is 10.4. The van der Waals surface area contributed by atoms with Crippen LogP contribution in [0, 0.1) is 0 Å². The summed E-state index contributed by atoms with van der Waals surface area (Å²) in [6.45, 7) is 2.42. The third kappa shape index (κ3) is 4.74. The molecule has 2 amide bonds. The van der Waals surface area contributed by atoms with E-state index < -0.39 is 11.8 Å². The summed E-state index contributed by atoms with van der Waals surface area (Å²) >= 11 is 5.66. The van der Waals surface area contributed by atoms with Crippen LogP contribution in [-0.4, -0.2) is 37.8 Å². The molecule has 0 unspecified atom stereocenters. The summed E-state index contributed by atoms with van der Waals surface area (Å²) in [5.41, 5.74) is 1.65. The van der Waals surface area contributed by atoms with E-state index in [4.69, 9.17) is 26.4 Å². The number of thiocarbonyl (C=S) groups is 1. The van der Waals surface area contributed by atoms with Crippen molar-refractivity contribution in [2.24, 2.45) is 0 Å². The molecule has 8 heteroatoms. The van der Waals surface area contributed by atoms with E-state index in [9.17, 15) is 9.59 Å². The van der Waals surface area contributed by atoms with Crippen LogP contribution in [0.3, 0.4) is 0 Å². The Labute approximate surface area is 209 Å². The molecule has 1 aliphatic rings. The van der Waals surface area contributed by atoms with Gasteiger partial charge in [-0.3, -0.25) is 19.4 Å². The summed E-state index contributed by atoms with van der Waals surface area (Å²) < 4.78 is 16.2. The second-order valence-electron chi connectivity index (χ2n) is 7.50. The Morgan fingerprint density at radius 1 is 0.800 bits per heavy atom. The first kappa shape index (κ1) is 24.0. The van der Waals surface area contributed by atoms with Crippen molar-refractivity contribution in [2.75, 3.05) is 30.6 Å². The molecule has 1 aliphatic heterocycles. The van der Waals surface area contributed by atoms with Gasteiger partial charge in [0.2, 0.25) is 0 Å². The fourth-order valence-electron chi connectivity index (χ4n) is 3.73. The molecule has 0 N–H and O–H groups in total. The lowest BCUT2D eigenvalue weighted by Crippen LogP contribution is -2.56. The van der Waals surface area contributed by atoms with Crippen molar-refractivity contribution in [3.63, 3.8) is 0 Å². The maximum absolute atomic E-state index is 13.7. The number of benzene rings is 3. The van der Waals surface area contributed by atoms with E-state index in [0.717, 1.165) is 0 Å². The lowest BCUT2D eigenvalue weighted by atomic mass is 10.0. The molecule has 0 atom stereocenters. The molecule has 1 fully saturated rings. The zero-order chi connectivity index (χ0) is 24.9. The molecule has 7 nitrogen and oxygen atoms in total. The van der Waals surface area contributed by atoms with Gasteiger partial charge in [-0.05, 0) is 79.3 Å². The number of carbonyl (C=O) groups is 2. The van der Waals surface area contributed by atoms with Crippen molar-refractivity contribution in [1.82, 2.24) is 0 Å². The first-order valence-corrected chi connectivity index (χ1v) is 11.3. The average molecular weight is 489 g/mol. The molecule has 3 aromatic carbocycles. The number of hydrogen-bond acceptors (Lipinski definition) is 6. The molecule has 0 saturated carbocycles. The lowest BCUT2D eigenvalue weighted by Gasteiger charge is -2.36. The Kier molecular flexibility index (Phi) is 7.12. The van der Waals surface area contributed by atoms with Crippen molar-refractivity contribution in [1.29, 1.82) is 0 Å². The Morgan fingerprint density at radius 3 is 1.97 bits per heavy atom. The monoisotopic (exact) mass is 488 g/mol. The van der Waals surface area contributed by atoms with Crippen LogP contribution in [0.15, 0.2) is 78.4 Å². The molecule has 0 bridgehead atoms. The number of carbonyl (C=O) groups excluding carboxylic acids is 2. The Morgan fingerprint density at radius 2 is 1.40 bits per heavy atom. The van der Waals surface area contributed by atoms with Crippen LogP contribution >= 0.6 is 12.2 Å². The molecule has 0 spiro atoms. The number of hydrogen-bond donors (Lipinski definition) is 0.